The van der Waals surface area contributed by atoms with E-state index in [0.717, 1.165) is 17.5 Å². The van der Waals surface area contributed by atoms with Crippen LogP contribution in [0, 0.1) is 12.7 Å². The first kappa shape index (κ1) is 13.7. The maximum absolute atomic E-state index is 13.0. The molecule has 2 rings (SSSR count). The predicted molar refractivity (Wildman–Crippen MR) is 77.5 cm³/mol. The number of aromatic nitrogens is 2. The van der Waals surface area contributed by atoms with Crippen LogP contribution < -0.4 is 11.1 Å². The fraction of sp³-hybridized carbons (Fsp3) is 0.231. The van der Waals surface area contributed by atoms with Gasteiger partial charge in [0, 0.05) is 6.54 Å². The van der Waals surface area contributed by atoms with E-state index in [1.54, 1.807) is 6.07 Å². The summed E-state index contributed by atoms with van der Waals surface area (Å²) in [6.45, 7) is 2.58. The first-order valence-corrected chi connectivity index (χ1v) is 6.62. The molecule has 0 atom stereocenters. The van der Waals surface area contributed by atoms with Crippen LogP contribution in [0.3, 0.4) is 0 Å². The second-order valence-corrected chi connectivity index (χ2v) is 4.96. The van der Waals surface area contributed by atoms with Crippen molar-refractivity contribution in [1.29, 1.82) is 0 Å². The van der Waals surface area contributed by atoms with Crippen molar-refractivity contribution in [2.75, 3.05) is 17.6 Å². The van der Waals surface area contributed by atoms with Crippen LogP contribution in [0.1, 0.15) is 11.1 Å². The Morgan fingerprint density at radius 2 is 2.16 bits per heavy atom. The molecule has 1 aromatic carbocycles. The highest BCUT2D eigenvalue weighted by Gasteiger charge is 2.05. The third-order valence-electron chi connectivity index (χ3n) is 2.81. The fourth-order valence-corrected chi connectivity index (χ4v) is 2.11. The molecule has 0 amide bonds. The number of anilines is 2. The van der Waals surface area contributed by atoms with Crippen molar-refractivity contribution < 1.29 is 4.39 Å². The highest BCUT2D eigenvalue weighted by molar-refractivity contribution is 9.10. The van der Waals surface area contributed by atoms with Gasteiger partial charge in [-0.2, -0.15) is 0 Å². The number of nitrogens with two attached hydrogens (primary N) is 1. The number of nitrogens with one attached hydrogen (secondary N) is 1. The number of rotatable bonds is 4. The molecule has 0 spiro atoms. The van der Waals surface area contributed by atoms with E-state index in [9.17, 15) is 4.39 Å². The van der Waals surface area contributed by atoms with Crippen molar-refractivity contribution in [3.63, 3.8) is 0 Å². The Labute approximate surface area is 119 Å². The molecule has 100 valence electrons. The van der Waals surface area contributed by atoms with Gasteiger partial charge >= 0.3 is 0 Å². The van der Waals surface area contributed by atoms with Crippen molar-refractivity contribution in [2.45, 2.75) is 13.3 Å². The molecule has 0 fully saturated rings. The number of hydrogen-bond donors (Lipinski definition) is 2. The average molecular weight is 325 g/mol. The normalized spacial score (nSPS) is 10.5. The van der Waals surface area contributed by atoms with Crippen LogP contribution in [0.5, 0.6) is 0 Å². The second-order valence-electron chi connectivity index (χ2n) is 4.17. The predicted octanol–water partition coefficient (Wildman–Crippen LogP) is 2.92. The first-order chi connectivity index (χ1) is 9.08. The lowest BCUT2D eigenvalue weighted by Gasteiger charge is -2.09. The van der Waals surface area contributed by atoms with Crippen LogP contribution >= 0.6 is 15.9 Å². The summed E-state index contributed by atoms with van der Waals surface area (Å²) in [4.78, 5) is 7.97. The summed E-state index contributed by atoms with van der Waals surface area (Å²) in [5.74, 6) is 0.850. The third kappa shape index (κ3) is 3.41. The molecule has 0 aliphatic carbocycles. The van der Waals surface area contributed by atoms with Gasteiger partial charge in [-0.25, -0.2) is 14.4 Å². The van der Waals surface area contributed by atoms with Crippen LogP contribution in [0.2, 0.25) is 0 Å². The molecule has 4 nitrogen and oxygen atoms in total. The van der Waals surface area contributed by atoms with E-state index >= 15 is 0 Å². The number of benzene rings is 1. The average Bonchev–Trinajstić information content (AvgIpc) is 2.37. The number of nitrogens with zero attached hydrogens (tertiary/aromatic N) is 2. The zero-order chi connectivity index (χ0) is 13.8. The van der Waals surface area contributed by atoms with Gasteiger partial charge in [-0.15, -0.1) is 0 Å². The van der Waals surface area contributed by atoms with Gasteiger partial charge in [-0.05, 0) is 52.5 Å². The van der Waals surface area contributed by atoms with E-state index in [1.165, 1.54) is 18.5 Å². The van der Waals surface area contributed by atoms with Gasteiger partial charge in [0.25, 0.3) is 0 Å². The van der Waals surface area contributed by atoms with E-state index in [4.69, 9.17) is 5.73 Å². The molecule has 0 bridgehead atoms. The molecular weight excluding hydrogens is 311 g/mol. The van der Waals surface area contributed by atoms with Crippen molar-refractivity contribution >= 4 is 27.6 Å². The van der Waals surface area contributed by atoms with E-state index < -0.39 is 0 Å². The van der Waals surface area contributed by atoms with Gasteiger partial charge in [0.15, 0.2) is 0 Å². The standard InChI is InChI=1S/C13H14BrFN4/c1-8-6-10(15)3-2-9(8)4-5-17-13-11(14)12(16)18-7-19-13/h2-3,6-7H,4-5H2,1H3,(H3,16,17,18,19). The van der Waals surface area contributed by atoms with E-state index in [0.29, 0.717) is 22.7 Å². The molecule has 19 heavy (non-hydrogen) atoms. The molecule has 0 unspecified atom stereocenters. The minimum Gasteiger partial charge on any atom is -0.383 e. The van der Waals surface area contributed by atoms with Gasteiger partial charge in [0.1, 0.15) is 28.3 Å². The number of aryl methyl sites for hydroxylation is 1. The van der Waals surface area contributed by atoms with Crippen molar-refractivity contribution in [1.82, 2.24) is 9.97 Å². The molecule has 0 aliphatic rings. The molecular formula is C13H14BrFN4. The van der Waals surface area contributed by atoms with Gasteiger partial charge in [0.05, 0.1) is 0 Å². The summed E-state index contributed by atoms with van der Waals surface area (Å²) in [6.07, 6.45) is 2.19. The summed E-state index contributed by atoms with van der Waals surface area (Å²) < 4.78 is 13.6. The third-order valence-corrected chi connectivity index (χ3v) is 3.59. The van der Waals surface area contributed by atoms with E-state index in [2.05, 4.69) is 31.2 Å². The highest BCUT2D eigenvalue weighted by atomic mass is 79.9. The lowest BCUT2D eigenvalue weighted by atomic mass is 10.1. The Hall–Kier alpha value is -1.69. The monoisotopic (exact) mass is 324 g/mol. The number of hydrogen-bond acceptors (Lipinski definition) is 4. The first-order valence-electron chi connectivity index (χ1n) is 5.83. The lowest BCUT2D eigenvalue weighted by Crippen LogP contribution is -2.09. The molecule has 0 saturated heterocycles. The van der Waals surface area contributed by atoms with Crippen LogP contribution in [0.15, 0.2) is 29.0 Å². The summed E-state index contributed by atoms with van der Waals surface area (Å²) in [5.41, 5.74) is 7.72. The van der Waals surface area contributed by atoms with Crippen molar-refractivity contribution in [3.05, 3.63) is 45.9 Å². The minimum absolute atomic E-state index is 0.208. The summed E-state index contributed by atoms with van der Waals surface area (Å²) >= 11 is 3.33. The van der Waals surface area contributed by atoms with E-state index in [1.807, 2.05) is 6.92 Å². The zero-order valence-electron chi connectivity index (χ0n) is 10.5. The van der Waals surface area contributed by atoms with Gasteiger partial charge in [-0.1, -0.05) is 6.07 Å². The second kappa shape index (κ2) is 5.97. The molecule has 2 aromatic rings. The Bertz CT molecular complexity index is 589. The Morgan fingerprint density at radius 1 is 1.37 bits per heavy atom. The quantitative estimate of drug-likeness (QED) is 0.907. The van der Waals surface area contributed by atoms with Crippen molar-refractivity contribution in [3.8, 4) is 0 Å². The lowest BCUT2D eigenvalue weighted by molar-refractivity contribution is 0.625. The molecule has 0 saturated carbocycles. The Kier molecular flexibility index (Phi) is 4.31. The SMILES string of the molecule is Cc1cc(F)ccc1CCNc1ncnc(N)c1Br. The Balaban J connectivity index is 1.98. The summed E-state index contributed by atoms with van der Waals surface area (Å²) in [6, 6.07) is 4.81. The van der Waals surface area contributed by atoms with Crippen LogP contribution in [-0.4, -0.2) is 16.5 Å². The topological polar surface area (TPSA) is 63.8 Å². The van der Waals surface area contributed by atoms with Crippen LogP contribution in [0.25, 0.3) is 0 Å². The molecule has 1 aromatic heterocycles. The highest BCUT2D eigenvalue weighted by Crippen LogP contribution is 2.23. The van der Waals surface area contributed by atoms with Crippen LogP contribution in [-0.2, 0) is 6.42 Å². The minimum atomic E-state index is -0.208. The molecule has 1 heterocycles. The number of halogens is 2. The molecule has 6 heteroatoms. The number of nitrogen functional groups attached to an aromatic ring is 1. The van der Waals surface area contributed by atoms with E-state index in [-0.39, 0.29) is 5.82 Å². The van der Waals surface area contributed by atoms with Crippen molar-refractivity contribution in [2.24, 2.45) is 0 Å². The maximum Gasteiger partial charge on any atom is 0.145 e. The largest absolute Gasteiger partial charge is 0.383 e. The van der Waals surface area contributed by atoms with Gasteiger partial charge in [-0.3, -0.25) is 0 Å². The van der Waals surface area contributed by atoms with Crippen LogP contribution in [0.4, 0.5) is 16.0 Å². The summed E-state index contributed by atoms with van der Waals surface area (Å²) in [5, 5.41) is 3.17. The summed E-state index contributed by atoms with van der Waals surface area (Å²) in [7, 11) is 0. The Morgan fingerprint density at radius 3 is 2.89 bits per heavy atom. The van der Waals surface area contributed by atoms with Gasteiger partial charge < -0.3 is 11.1 Å². The smallest absolute Gasteiger partial charge is 0.145 e. The fourth-order valence-electron chi connectivity index (χ4n) is 1.76. The maximum atomic E-state index is 13.0. The molecule has 3 N–H and O–H groups in total. The van der Waals surface area contributed by atoms with Gasteiger partial charge in [0.2, 0.25) is 0 Å². The molecule has 0 radical (unpaired) electrons. The molecule has 0 aliphatic heterocycles. The zero-order valence-corrected chi connectivity index (χ0v) is 12.0.